The number of nitrogens with zero attached hydrogens (tertiary/aromatic N) is 1. The van der Waals surface area contributed by atoms with E-state index in [9.17, 15) is 0 Å². The van der Waals surface area contributed by atoms with Gasteiger partial charge in [-0.3, -0.25) is 0 Å². The van der Waals surface area contributed by atoms with Crippen molar-refractivity contribution in [1.82, 2.24) is 4.90 Å². The van der Waals surface area contributed by atoms with Crippen LogP contribution >= 0.6 is 0 Å². The minimum absolute atomic E-state index is 0.686. The van der Waals surface area contributed by atoms with Crippen LogP contribution in [0.1, 0.15) is 33.6 Å². The van der Waals surface area contributed by atoms with Gasteiger partial charge >= 0.3 is 0 Å². The molecule has 1 heterocycles. The van der Waals surface area contributed by atoms with Gasteiger partial charge in [0.2, 0.25) is 0 Å². The van der Waals surface area contributed by atoms with Crippen LogP contribution in [0.4, 0.5) is 0 Å². The molecule has 2 unspecified atom stereocenters. The van der Waals surface area contributed by atoms with Crippen LogP contribution in [0.15, 0.2) is 0 Å². The Morgan fingerprint density at radius 2 is 2.14 bits per heavy atom. The highest BCUT2D eigenvalue weighted by atomic mass is 15.1. The average molecular weight is 198 g/mol. The Bertz CT molecular complexity index is 156. The number of likely N-dealkylation sites (tertiary alicyclic amines) is 1. The molecule has 1 aliphatic rings. The maximum atomic E-state index is 5.79. The summed E-state index contributed by atoms with van der Waals surface area (Å²) in [7, 11) is 0. The molecule has 1 fully saturated rings. The van der Waals surface area contributed by atoms with E-state index in [-0.39, 0.29) is 0 Å². The molecule has 0 amide bonds. The molecule has 84 valence electrons. The van der Waals surface area contributed by atoms with E-state index in [0.29, 0.717) is 5.92 Å². The maximum absolute atomic E-state index is 5.79. The predicted octanol–water partition coefficient (Wildman–Crippen LogP) is 1.95. The molecule has 2 N–H and O–H groups in total. The van der Waals surface area contributed by atoms with Crippen molar-refractivity contribution in [2.24, 2.45) is 23.5 Å². The fourth-order valence-corrected chi connectivity index (χ4v) is 2.30. The molecule has 1 aliphatic heterocycles. The summed E-state index contributed by atoms with van der Waals surface area (Å²) in [6.07, 6.45) is 2.73. The zero-order valence-electron chi connectivity index (χ0n) is 10.00. The molecule has 2 heteroatoms. The van der Waals surface area contributed by atoms with Gasteiger partial charge in [-0.1, -0.05) is 27.2 Å². The first-order valence-corrected chi connectivity index (χ1v) is 6.09. The molecule has 1 rings (SSSR count). The van der Waals surface area contributed by atoms with E-state index in [1.165, 1.54) is 32.5 Å². The largest absolute Gasteiger partial charge is 0.330 e. The van der Waals surface area contributed by atoms with Gasteiger partial charge in [0, 0.05) is 13.1 Å². The predicted molar refractivity (Wildman–Crippen MR) is 62.2 cm³/mol. The number of hydrogen-bond donors (Lipinski definition) is 1. The molecule has 0 radical (unpaired) electrons. The van der Waals surface area contributed by atoms with Crippen molar-refractivity contribution in [2.75, 3.05) is 26.2 Å². The third-order valence-corrected chi connectivity index (χ3v) is 3.69. The summed E-state index contributed by atoms with van der Waals surface area (Å²) < 4.78 is 0. The number of nitrogens with two attached hydrogens (primary N) is 1. The average Bonchev–Trinajstić information content (AvgIpc) is 2.61. The summed E-state index contributed by atoms with van der Waals surface area (Å²) >= 11 is 0. The van der Waals surface area contributed by atoms with Gasteiger partial charge in [-0.15, -0.1) is 0 Å². The normalized spacial score (nSPS) is 25.9. The lowest BCUT2D eigenvalue weighted by atomic mass is 9.95. The summed E-state index contributed by atoms with van der Waals surface area (Å²) in [6, 6.07) is 0. The van der Waals surface area contributed by atoms with Gasteiger partial charge in [-0.2, -0.15) is 0 Å². The number of hydrogen-bond acceptors (Lipinski definition) is 2. The molecule has 2 atom stereocenters. The van der Waals surface area contributed by atoms with E-state index in [1.54, 1.807) is 0 Å². The van der Waals surface area contributed by atoms with Gasteiger partial charge in [0.25, 0.3) is 0 Å². The SMILES string of the molecule is CCC1CCN(CC(CN)C(C)C)C1. The van der Waals surface area contributed by atoms with Gasteiger partial charge in [0.05, 0.1) is 0 Å². The highest BCUT2D eigenvalue weighted by molar-refractivity contribution is 4.78. The van der Waals surface area contributed by atoms with E-state index in [0.717, 1.165) is 18.4 Å². The Balaban J connectivity index is 2.30. The van der Waals surface area contributed by atoms with Crippen molar-refractivity contribution >= 4 is 0 Å². The van der Waals surface area contributed by atoms with Crippen molar-refractivity contribution in [2.45, 2.75) is 33.6 Å². The summed E-state index contributed by atoms with van der Waals surface area (Å²) in [5.41, 5.74) is 5.79. The minimum atomic E-state index is 0.686. The van der Waals surface area contributed by atoms with Crippen LogP contribution in [0.25, 0.3) is 0 Å². The Morgan fingerprint density at radius 3 is 2.57 bits per heavy atom. The van der Waals surface area contributed by atoms with Crippen LogP contribution in [0.3, 0.4) is 0 Å². The molecule has 1 saturated heterocycles. The molecule has 0 spiro atoms. The Labute approximate surface area is 88.8 Å². The van der Waals surface area contributed by atoms with E-state index >= 15 is 0 Å². The molecule has 0 aliphatic carbocycles. The lowest BCUT2D eigenvalue weighted by Crippen LogP contribution is -2.34. The molecular formula is C12H26N2. The minimum Gasteiger partial charge on any atom is -0.330 e. The van der Waals surface area contributed by atoms with Gasteiger partial charge < -0.3 is 10.6 Å². The summed E-state index contributed by atoms with van der Waals surface area (Å²) in [5, 5.41) is 0. The zero-order chi connectivity index (χ0) is 10.6. The first-order valence-electron chi connectivity index (χ1n) is 6.09. The Morgan fingerprint density at radius 1 is 1.43 bits per heavy atom. The summed E-state index contributed by atoms with van der Waals surface area (Å²) in [6.45, 7) is 11.5. The second kappa shape index (κ2) is 5.72. The van der Waals surface area contributed by atoms with Gasteiger partial charge in [0.1, 0.15) is 0 Å². The standard InChI is InChI=1S/C12H26N2/c1-4-11-5-6-14(8-11)9-12(7-13)10(2)3/h10-12H,4-9,13H2,1-3H3. The Kier molecular flexibility index (Phi) is 4.90. The fourth-order valence-electron chi connectivity index (χ4n) is 2.30. The monoisotopic (exact) mass is 198 g/mol. The molecule has 0 aromatic carbocycles. The topological polar surface area (TPSA) is 29.3 Å². The van der Waals surface area contributed by atoms with E-state index in [4.69, 9.17) is 5.73 Å². The zero-order valence-corrected chi connectivity index (χ0v) is 10.00. The van der Waals surface area contributed by atoms with Crippen LogP contribution in [-0.4, -0.2) is 31.1 Å². The van der Waals surface area contributed by atoms with Gasteiger partial charge in [0.15, 0.2) is 0 Å². The molecule has 14 heavy (non-hydrogen) atoms. The van der Waals surface area contributed by atoms with Crippen molar-refractivity contribution in [1.29, 1.82) is 0 Å². The van der Waals surface area contributed by atoms with Crippen LogP contribution in [0.2, 0.25) is 0 Å². The lowest BCUT2D eigenvalue weighted by molar-refractivity contribution is 0.234. The quantitative estimate of drug-likeness (QED) is 0.731. The van der Waals surface area contributed by atoms with Gasteiger partial charge in [-0.05, 0) is 37.3 Å². The lowest BCUT2D eigenvalue weighted by Gasteiger charge is -2.25. The summed E-state index contributed by atoms with van der Waals surface area (Å²) in [4.78, 5) is 2.60. The molecule has 0 bridgehead atoms. The second-order valence-electron chi connectivity index (χ2n) is 5.06. The van der Waals surface area contributed by atoms with Crippen LogP contribution < -0.4 is 5.73 Å². The smallest absolute Gasteiger partial charge is 0.00243 e. The highest BCUT2D eigenvalue weighted by Crippen LogP contribution is 2.21. The molecule has 0 saturated carbocycles. The van der Waals surface area contributed by atoms with Crippen LogP contribution in [0.5, 0.6) is 0 Å². The van der Waals surface area contributed by atoms with Crippen LogP contribution in [0, 0.1) is 17.8 Å². The molecule has 0 aromatic heterocycles. The third kappa shape index (κ3) is 3.25. The molecule has 2 nitrogen and oxygen atoms in total. The highest BCUT2D eigenvalue weighted by Gasteiger charge is 2.23. The second-order valence-corrected chi connectivity index (χ2v) is 5.06. The Hall–Kier alpha value is -0.0800. The van der Waals surface area contributed by atoms with E-state index in [2.05, 4.69) is 25.7 Å². The molecular weight excluding hydrogens is 172 g/mol. The fraction of sp³-hybridized carbons (Fsp3) is 1.00. The maximum Gasteiger partial charge on any atom is 0.00243 e. The van der Waals surface area contributed by atoms with E-state index < -0.39 is 0 Å². The first kappa shape index (κ1) is 12.0. The molecule has 0 aromatic rings. The van der Waals surface area contributed by atoms with Crippen molar-refractivity contribution in [3.8, 4) is 0 Å². The first-order chi connectivity index (χ1) is 6.67. The van der Waals surface area contributed by atoms with Crippen molar-refractivity contribution < 1.29 is 0 Å². The van der Waals surface area contributed by atoms with E-state index in [1.807, 2.05) is 0 Å². The van der Waals surface area contributed by atoms with Crippen molar-refractivity contribution in [3.05, 3.63) is 0 Å². The van der Waals surface area contributed by atoms with Crippen LogP contribution in [-0.2, 0) is 0 Å². The third-order valence-electron chi connectivity index (χ3n) is 3.69. The number of rotatable bonds is 5. The van der Waals surface area contributed by atoms with Crippen molar-refractivity contribution in [3.63, 3.8) is 0 Å². The van der Waals surface area contributed by atoms with Gasteiger partial charge in [-0.25, -0.2) is 0 Å². The summed E-state index contributed by atoms with van der Waals surface area (Å²) in [5.74, 6) is 2.35.